The molecule has 20 heavy (non-hydrogen) atoms. The van der Waals surface area contributed by atoms with Crippen molar-refractivity contribution in [2.24, 2.45) is 5.73 Å². The maximum absolute atomic E-state index is 6.00. The van der Waals surface area contributed by atoms with E-state index in [9.17, 15) is 0 Å². The van der Waals surface area contributed by atoms with Crippen LogP contribution in [0.25, 0.3) is 0 Å². The van der Waals surface area contributed by atoms with Crippen LogP contribution in [0.1, 0.15) is 18.1 Å². The molecule has 1 unspecified atom stereocenters. The quantitative estimate of drug-likeness (QED) is 0.829. The van der Waals surface area contributed by atoms with Gasteiger partial charge in [-0.3, -0.25) is 0 Å². The van der Waals surface area contributed by atoms with Crippen LogP contribution in [-0.4, -0.2) is 6.04 Å². The second kappa shape index (κ2) is 6.61. The van der Waals surface area contributed by atoms with Crippen molar-refractivity contribution in [1.29, 1.82) is 0 Å². The topological polar surface area (TPSA) is 35.2 Å². The summed E-state index contributed by atoms with van der Waals surface area (Å²) in [5.74, 6) is 1.56. The van der Waals surface area contributed by atoms with Gasteiger partial charge < -0.3 is 10.5 Å². The van der Waals surface area contributed by atoms with Crippen molar-refractivity contribution in [3.8, 4) is 11.5 Å². The maximum Gasteiger partial charge on any atom is 0.128 e. The predicted molar refractivity (Wildman–Crippen MR) is 87.8 cm³/mol. The second-order valence-corrected chi connectivity index (χ2v) is 6.21. The van der Waals surface area contributed by atoms with Gasteiger partial charge in [0.15, 0.2) is 0 Å². The fourth-order valence-corrected chi connectivity index (χ4v) is 2.56. The molecule has 2 aromatic carbocycles. The Morgan fingerprint density at radius 1 is 1.20 bits per heavy atom. The lowest BCUT2D eigenvalue weighted by molar-refractivity contribution is 0.481. The number of halogens is 2. The number of benzene rings is 2. The van der Waals surface area contributed by atoms with Crippen LogP contribution in [0.15, 0.2) is 40.9 Å². The zero-order valence-electron chi connectivity index (χ0n) is 11.5. The highest BCUT2D eigenvalue weighted by Gasteiger charge is 2.06. The van der Waals surface area contributed by atoms with Crippen LogP contribution >= 0.6 is 27.5 Å². The molecule has 106 valence electrons. The van der Waals surface area contributed by atoms with Gasteiger partial charge in [0.25, 0.3) is 0 Å². The Morgan fingerprint density at radius 3 is 2.45 bits per heavy atom. The third-order valence-corrected chi connectivity index (χ3v) is 4.09. The van der Waals surface area contributed by atoms with Crippen molar-refractivity contribution < 1.29 is 4.74 Å². The number of hydrogen-bond donors (Lipinski definition) is 1. The van der Waals surface area contributed by atoms with Crippen LogP contribution < -0.4 is 10.5 Å². The summed E-state index contributed by atoms with van der Waals surface area (Å²) in [6.07, 6.45) is 0.834. The SMILES string of the molecule is Cc1cc(Oc2ccc(CC(C)N)c(Br)c2)ccc1Cl. The minimum Gasteiger partial charge on any atom is -0.457 e. The van der Waals surface area contributed by atoms with Gasteiger partial charge in [-0.1, -0.05) is 33.6 Å². The summed E-state index contributed by atoms with van der Waals surface area (Å²) in [5, 5.41) is 0.741. The number of hydrogen-bond acceptors (Lipinski definition) is 2. The molecule has 0 aliphatic carbocycles. The number of ether oxygens (including phenoxy) is 1. The van der Waals surface area contributed by atoms with Gasteiger partial charge in [-0.2, -0.15) is 0 Å². The molecule has 4 heteroatoms. The smallest absolute Gasteiger partial charge is 0.128 e. The lowest BCUT2D eigenvalue weighted by Crippen LogP contribution is -2.17. The van der Waals surface area contributed by atoms with Crippen LogP contribution in [0.3, 0.4) is 0 Å². The van der Waals surface area contributed by atoms with Crippen LogP contribution in [-0.2, 0) is 6.42 Å². The molecule has 0 saturated heterocycles. The molecule has 2 nitrogen and oxygen atoms in total. The Labute approximate surface area is 133 Å². The van der Waals surface area contributed by atoms with Gasteiger partial charge in [-0.15, -0.1) is 0 Å². The van der Waals surface area contributed by atoms with E-state index in [4.69, 9.17) is 22.1 Å². The van der Waals surface area contributed by atoms with Crippen molar-refractivity contribution in [1.82, 2.24) is 0 Å². The molecule has 0 aromatic heterocycles. The Balaban J connectivity index is 2.17. The van der Waals surface area contributed by atoms with Gasteiger partial charge in [0.05, 0.1) is 0 Å². The minimum atomic E-state index is 0.136. The first-order chi connectivity index (χ1) is 9.45. The van der Waals surface area contributed by atoms with Crippen molar-refractivity contribution >= 4 is 27.5 Å². The zero-order valence-corrected chi connectivity index (χ0v) is 13.8. The number of rotatable bonds is 4. The fourth-order valence-electron chi connectivity index (χ4n) is 1.92. The van der Waals surface area contributed by atoms with Crippen molar-refractivity contribution in [2.45, 2.75) is 26.3 Å². The molecule has 0 aliphatic rings. The lowest BCUT2D eigenvalue weighted by atomic mass is 10.1. The summed E-state index contributed by atoms with van der Waals surface area (Å²) in [5.41, 5.74) is 8.00. The second-order valence-electron chi connectivity index (χ2n) is 4.95. The highest BCUT2D eigenvalue weighted by molar-refractivity contribution is 9.10. The first-order valence-corrected chi connectivity index (χ1v) is 7.61. The van der Waals surface area contributed by atoms with E-state index in [-0.39, 0.29) is 6.04 Å². The van der Waals surface area contributed by atoms with E-state index in [1.165, 1.54) is 5.56 Å². The van der Waals surface area contributed by atoms with E-state index in [2.05, 4.69) is 15.9 Å². The van der Waals surface area contributed by atoms with Gasteiger partial charge in [-0.05, 0) is 61.7 Å². The van der Waals surface area contributed by atoms with Gasteiger partial charge in [0, 0.05) is 15.5 Å². The summed E-state index contributed by atoms with van der Waals surface area (Å²) in [4.78, 5) is 0. The molecule has 0 amide bonds. The first kappa shape index (κ1) is 15.4. The third kappa shape index (κ3) is 3.98. The van der Waals surface area contributed by atoms with Crippen LogP contribution in [0.4, 0.5) is 0 Å². The van der Waals surface area contributed by atoms with Crippen molar-refractivity contribution in [3.63, 3.8) is 0 Å². The average Bonchev–Trinajstić information content (AvgIpc) is 2.37. The van der Waals surface area contributed by atoms with E-state index in [1.807, 2.05) is 50.2 Å². The summed E-state index contributed by atoms with van der Waals surface area (Å²) in [6.45, 7) is 3.95. The summed E-state index contributed by atoms with van der Waals surface area (Å²) in [7, 11) is 0. The van der Waals surface area contributed by atoms with Crippen LogP contribution in [0.2, 0.25) is 5.02 Å². The molecule has 0 saturated carbocycles. The molecule has 0 heterocycles. The molecular formula is C16H17BrClNO. The highest BCUT2D eigenvalue weighted by atomic mass is 79.9. The van der Waals surface area contributed by atoms with Crippen molar-refractivity contribution in [2.75, 3.05) is 0 Å². The van der Waals surface area contributed by atoms with Gasteiger partial charge in [0.2, 0.25) is 0 Å². The molecular weight excluding hydrogens is 338 g/mol. The molecule has 2 rings (SSSR count). The monoisotopic (exact) mass is 353 g/mol. The van der Waals surface area contributed by atoms with Crippen molar-refractivity contribution in [3.05, 3.63) is 57.0 Å². The number of aryl methyl sites for hydroxylation is 1. The molecule has 0 spiro atoms. The summed E-state index contributed by atoms with van der Waals surface area (Å²) in [6, 6.07) is 11.7. The Kier molecular flexibility index (Phi) is 5.08. The molecule has 1 atom stereocenters. The molecule has 0 bridgehead atoms. The van der Waals surface area contributed by atoms with Gasteiger partial charge >= 0.3 is 0 Å². The maximum atomic E-state index is 6.00. The molecule has 2 aromatic rings. The van der Waals surface area contributed by atoms with Gasteiger partial charge in [-0.25, -0.2) is 0 Å². The Hall–Kier alpha value is -1.03. The van der Waals surface area contributed by atoms with Gasteiger partial charge in [0.1, 0.15) is 11.5 Å². The van der Waals surface area contributed by atoms with E-state index in [0.717, 1.165) is 33.0 Å². The fraction of sp³-hybridized carbons (Fsp3) is 0.250. The van der Waals surface area contributed by atoms with Crippen LogP contribution in [0, 0.1) is 6.92 Å². The molecule has 0 radical (unpaired) electrons. The first-order valence-electron chi connectivity index (χ1n) is 6.43. The van der Waals surface area contributed by atoms with E-state index < -0.39 is 0 Å². The van der Waals surface area contributed by atoms with Crippen LogP contribution in [0.5, 0.6) is 11.5 Å². The minimum absolute atomic E-state index is 0.136. The Bertz CT molecular complexity index is 613. The Morgan fingerprint density at radius 2 is 1.85 bits per heavy atom. The average molecular weight is 355 g/mol. The van der Waals surface area contributed by atoms with E-state index in [1.54, 1.807) is 0 Å². The lowest BCUT2D eigenvalue weighted by Gasteiger charge is -2.11. The number of nitrogens with two attached hydrogens (primary N) is 1. The highest BCUT2D eigenvalue weighted by Crippen LogP contribution is 2.29. The molecule has 2 N–H and O–H groups in total. The third-order valence-electron chi connectivity index (χ3n) is 2.93. The predicted octanol–water partition coefficient (Wildman–Crippen LogP) is 5.09. The summed E-state index contributed by atoms with van der Waals surface area (Å²) >= 11 is 9.56. The summed E-state index contributed by atoms with van der Waals surface area (Å²) < 4.78 is 6.85. The normalized spacial score (nSPS) is 12.2. The van der Waals surface area contributed by atoms with E-state index in [0.29, 0.717) is 0 Å². The van der Waals surface area contributed by atoms with E-state index >= 15 is 0 Å². The molecule has 0 fully saturated rings. The standard InChI is InChI=1S/C16H17BrClNO/c1-10-7-13(5-6-16(10)18)20-14-4-3-12(8-11(2)19)15(17)9-14/h3-7,9,11H,8,19H2,1-2H3. The molecule has 0 aliphatic heterocycles. The largest absolute Gasteiger partial charge is 0.457 e. The zero-order chi connectivity index (χ0) is 14.7.